The molecule has 2 aliphatic rings. The summed E-state index contributed by atoms with van der Waals surface area (Å²) in [6.45, 7) is 2.34. The number of carbonyl (C=O) groups excluding carboxylic acids is 1. The number of amides is 1. The lowest BCUT2D eigenvalue weighted by molar-refractivity contribution is -0.129. The van der Waals surface area contributed by atoms with E-state index in [4.69, 9.17) is 25.8 Å². The molecule has 0 bridgehead atoms. The van der Waals surface area contributed by atoms with E-state index in [1.165, 1.54) is 18.9 Å². The zero-order chi connectivity index (χ0) is 23.7. The molecule has 2 aliphatic heterocycles. The molecule has 0 N–H and O–H groups in total. The summed E-state index contributed by atoms with van der Waals surface area (Å²) in [6.07, 6.45) is 0.175. The lowest BCUT2D eigenvalue weighted by Gasteiger charge is -2.42. The van der Waals surface area contributed by atoms with E-state index >= 15 is 0 Å². The third-order valence-electron chi connectivity index (χ3n) is 5.96. The molecular formula is C24H24ClN3O4S. The molecule has 7 nitrogen and oxygen atoms in total. The van der Waals surface area contributed by atoms with Gasteiger partial charge in [0.1, 0.15) is 0 Å². The van der Waals surface area contributed by atoms with Crippen molar-refractivity contribution in [3.63, 3.8) is 0 Å². The Morgan fingerprint density at radius 3 is 2.45 bits per heavy atom. The topological polar surface area (TPSA) is 75.0 Å². The second-order valence-corrected chi connectivity index (χ2v) is 9.05. The number of hydrogen-bond acceptors (Lipinski definition) is 7. The van der Waals surface area contributed by atoms with Crippen LogP contribution in [0.5, 0.6) is 17.2 Å². The Hall–Kier alpha value is -3.02. The van der Waals surface area contributed by atoms with Crippen LogP contribution in [0.15, 0.2) is 40.9 Å². The summed E-state index contributed by atoms with van der Waals surface area (Å²) in [4.78, 5) is 17.1. The average Bonchev–Trinajstić information content (AvgIpc) is 2.84. The largest absolute Gasteiger partial charge is 0.493 e. The minimum Gasteiger partial charge on any atom is -0.493 e. The van der Waals surface area contributed by atoms with Gasteiger partial charge in [-0.1, -0.05) is 29.4 Å². The fraction of sp³-hybridized carbons (Fsp3) is 0.333. The van der Waals surface area contributed by atoms with Gasteiger partial charge in [0, 0.05) is 23.0 Å². The molecule has 0 aromatic heterocycles. The first-order chi connectivity index (χ1) is 15.9. The Labute approximate surface area is 202 Å². The van der Waals surface area contributed by atoms with E-state index in [0.29, 0.717) is 45.4 Å². The predicted octanol–water partition coefficient (Wildman–Crippen LogP) is 4.89. The number of rotatable bonds is 5. The normalized spacial score (nSPS) is 18.1. The maximum absolute atomic E-state index is 13.3. The summed E-state index contributed by atoms with van der Waals surface area (Å²) in [5, 5.41) is 11.5. The highest BCUT2D eigenvalue weighted by Gasteiger charge is 2.39. The van der Waals surface area contributed by atoms with Gasteiger partial charge >= 0.3 is 0 Å². The molecule has 2 aromatic carbocycles. The zero-order valence-electron chi connectivity index (χ0n) is 18.8. The lowest BCUT2D eigenvalue weighted by atomic mass is 9.86. The van der Waals surface area contributed by atoms with Crippen LogP contribution in [0, 0.1) is 18.3 Å². The number of thioether (sulfide) groups is 1. The van der Waals surface area contributed by atoms with Crippen molar-refractivity contribution in [3.05, 3.63) is 57.1 Å². The number of nitriles is 1. The number of anilines is 1. The number of methoxy groups -OCH3 is 3. The van der Waals surface area contributed by atoms with Crippen molar-refractivity contribution >= 4 is 35.0 Å². The first kappa shape index (κ1) is 23.1. The van der Waals surface area contributed by atoms with Gasteiger partial charge in [-0.3, -0.25) is 9.69 Å². The smallest absolute Gasteiger partial charge is 0.229 e. The second kappa shape index (κ2) is 9.46. The van der Waals surface area contributed by atoms with Crippen LogP contribution in [-0.2, 0) is 4.79 Å². The number of allylic oxidation sites excluding steroid dienone is 1. The molecule has 33 heavy (non-hydrogen) atoms. The van der Waals surface area contributed by atoms with E-state index in [-0.39, 0.29) is 12.3 Å². The second-order valence-electron chi connectivity index (χ2n) is 7.71. The van der Waals surface area contributed by atoms with Crippen molar-refractivity contribution in [2.45, 2.75) is 19.3 Å². The van der Waals surface area contributed by atoms with E-state index in [1.54, 1.807) is 19.1 Å². The summed E-state index contributed by atoms with van der Waals surface area (Å²) in [7, 11) is 4.63. The molecule has 1 fully saturated rings. The molecule has 9 heteroatoms. The van der Waals surface area contributed by atoms with Gasteiger partial charge in [-0.15, -0.1) is 0 Å². The Balaban J connectivity index is 1.72. The first-order valence-electron chi connectivity index (χ1n) is 10.3. The number of benzene rings is 2. The minimum absolute atomic E-state index is 0.0420. The molecular weight excluding hydrogens is 462 g/mol. The third kappa shape index (κ3) is 4.07. The van der Waals surface area contributed by atoms with Crippen molar-refractivity contribution in [1.29, 1.82) is 5.26 Å². The van der Waals surface area contributed by atoms with Crippen LogP contribution in [0.4, 0.5) is 5.69 Å². The number of nitrogens with zero attached hydrogens (tertiary/aromatic N) is 3. The summed E-state index contributed by atoms with van der Waals surface area (Å²) in [5.74, 6) is 1.62. The molecule has 2 heterocycles. The summed E-state index contributed by atoms with van der Waals surface area (Å²) >= 11 is 7.79. The van der Waals surface area contributed by atoms with Gasteiger partial charge in [-0.2, -0.15) is 5.26 Å². The molecule has 1 unspecified atom stereocenters. The molecule has 1 amide bonds. The van der Waals surface area contributed by atoms with Crippen LogP contribution in [-0.4, -0.2) is 44.7 Å². The van der Waals surface area contributed by atoms with E-state index in [0.717, 1.165) is 16.8 Å². The number of carbonyl (C=O) groups is 1. The number of halogens is 1. The highest BCUT2D eigenvalue weighted by atomic mass is 35.5. The van der Waals surface area contributed by atoms with Gasteiger partial charge in [0.25, 0.3) is 0 Å². The van der Waals surface area contributed by atoms with Crippen LogP contribution in [0.1, 0.15) is 23.5 Å². The molecule has 172 valence electrons. The maximum Gasteiger partial charge on any atom is 0.229 e. The number of ether oxygens (including phenoxy) is 3. The van der Waals surface area contributed by atoms with Gasteiger partial charge in [0.2, 0.25) is 11.7 Å². The number of hydrogen-bond donors (Lipinski definition) is 0. The third-order valence-corrected chi connectivity index (χ3v) is 7.53. The predicted molar refractivity (Wildman–Crippen MR) is 129 cm³/mol. The van der Waals surface area contributed by atoms with Gasteiger partial charge < -0.3 is 19.1 Å². The monoisotopic (exact) mass is 485 g/mol. The van der Waals surface area contributed by atoms with Crippen LogP contribution in [0.3, 0.4) is 0 Å². The van der Waals surface area contributed by atoms with Crippen molar-refractivity contribution in [1.82, 2.24) is 4.90 Å². The van der Waals surface area contributed by atoms with Crippen LogP contribution < -0.4 is 19.1 Å². The van der Waals surface area contributed by atoms with Crippen LogP contribution in [0.25, 0.3) is 0 Å². The quantitative estimate of drug-likeness (QED) is 0.596. The van der Waals surface area contributed by atoms with Gasteiger partial charge in [-0.05, 0) is 42.3 Å². The van der Waals surface area contributed by atoms with Crippen molar-refractivity contribution in [2.24, 2.45) is 0 Å². The van der Waals surface area contributed by atoms with Gasteiger partial charge in [-0.25, -0.2) is 0 Å². The summed E-state index contributed by atoms with van der Waals surface area (Å²) in [5.41, 5.74) is 3.28. The standard InChI is InChI=1S/C24H24ClN3O4S/c1-14-18(25)6-5-7-19(14)27-12-28-22(29)10-16(17(11-26)24(28)33-13-27)15-8-20(30-2)23(32-4)21(9-15)31-3/h5-9,16H,10,12-13H2,1-4H3. The van der Waals surface area contributed by atoms with E-state index in [2.05, 4.69) is 11.0 Å². The Morgan fingerprint density at radius 2 is 1.85 bits per heavy atom. The Morgan fingerprint density at radius 1 is 1.15 bits per heavy atom. The molecule has 4 rings (SSSR count). The molecule has 1 atom stereocenters. The van der Waals surface area contributed by atoms with Gasteiger partial charge in [0.15, 0.2) is 11.5 Å². The van der Waals surface area contributed by atoms with Crippen LogP contribution >= 0.6 is 23.4 Å². The van der Waals surface area contributed by atoms with Crippen molar-refractivity contribution < 1.29 is 19.0 Å². The first-order valence-corrected chi connectivity index (χ1v) is 11.7. The lowest BCUT2D eigenvalue weighted by Crippen LogP contribution is -2.47. The molecule has 0 spiro atoms. The highest BCUT2D eigenvalue weighted by molar-refractivity contribution is 8.03. The average molecular weight is 486 g/mol. The molecule has 0 saturated carbocycles. The Kier molecular flexibility index (Phi) is 6.63. The van der Waals surface area contributed by atoms with Gasteiger partial charge in [0.05, 0.1) is 50.5 Å². The van der Waals surface area contributed by atoms with E-state index in [9.17, 15) is 10.1 Å². The van der Waals surface area contributed by atoms with Crippen LogP contribution in [0.2, 0.25) is 5.02 Å². The molecule has 0 aliphatic carbocycles. The number of fused-ring (bicyclic) bond motifs is 1. The molecule has 2 aromatic rings. The fourth-order valence-electron chi connectivity index (χ4n) is 4.24. The van der Waals surface area contributed by atoms with Crippen molar-refractivity contribution in [3.8, 4) is 23.3 Å². The van der Waals surface area contributed by atoms with E-state index < -0.39 is 5.92 Å². The Bertz CT molecular complexity index is 1150. The fourth-order valence-corrected chi connectivity index (χ4v) is 5.57. The highest BCUT2D eigenvalue weighted by Crippen LogP contribution is 2.47. The zero-order valence-corrected chi connectivity index (χ0v) is 20.4. The maximum atomic E-state index is 13.3. The van der Waals surface area contributed by atoms with E-state index in [1.807, 2.05) is 37.3 Å². The summed E-state index contributed by atoms with van der Waals surface area (Å²) in [6, 6.07) is 11.7. The SMILES string of the molecule is COc1cc(C2CC(=O)N3CN(c4cccc(Cl)c4C)CSC3=C2C#N)cc(OC)c1OC. The summed E-state index contributed by atoms with van der Waals surface area (Å²) < 4.78 is 16.4. The molecule has 1 saturated heterocycles. The minimum atomic E-state index is -0.394. The van der Waals surface area contributed by atoms with Crippen molar-refractivity contribution in [2.75, 3.05) is 38.8 Å². The molecule has 0 radical (unpaired) electrons.